The van der Waals surface area contributed by atoms with Crippen LogP contribution in [0.4, 0.5) is 9.59 Å². The number of carbonyl (C=O) groups excluding carboxylic acids is 2. The van der Waals surface area contributed by atoms with E-state index in [2.05, 4.69) is 4.98 Å². The Morgan fingerprint density at radius 2 is 1.48 bits per heavy atom. The molecule has 0 saturated carbocycles. The summed E-state index contributed by atoms with van der Waals surface area (Å²) in [6, 6.07) is 0. The van der Waals surface area contributed by atoms with Crippen molar-refractivity contribution in [3.8, 4) is 0 Å². The van der Waals surface area contributed by atoms with Crippen LogP contribution in [0.2, 0.25) is 0 Å². The van der Waals surface area contributed by atoms with Gasteiger partial charge in [0.25, 0.3) is 0 Å². The zero-order valence-corrected chi connectivity index (χ0v) is 20.3. The fourth-order valence-corrected chi connectivity index (χ4v) is 4.18. The van der Waals surface area contributed by atoms with Gasteiger partial charge in [0, 0.05) is 5.38 Å². The van der Waals surface area contributed by atoms with Crippen LogP contribution >= 0.6 is 19.7 Å². The van der Waals surface area contributed by atoms with Crippen LogP contribution in [0.5, 0.6) is 0 Å². The summed E-state index contributed by atoms with van der Waals surface area (Å²) in [5.74, 6) is 0. The Balaban J connectivity index is 2.94. The maximum absolute atomic E-state index is 12.6. The summed E-state index contributed by atoms with van der Waals surface area (Å²) in [7, 11) is -1.06. The molecule has 10 heteroatoms. The summed E-state index contributed by atoms with van der Waals surface area (Å²) in [6.07, 6.45) is -0.990. The number of hydrogen-bond acceptors (Lipinski definition) is 8. The minimum absolute atomic E-state index is 0.0321. The van der Waals surface area contributed by atoms with E-state index in [1.54, 1.807) is 41.5 Å². The largest absolute Gasteiger partial charge is 0.443 e. The maximum atomic E-state index is 12.6. The Morgan fingerprint density at radius 1 is 1.00 bits per heavy atom. The molecule has 0 bridgehead atoms. The lowest BCUT2D eigenvalue weighted by atomic mass is 10.2. The van der Waals surface area contributed by atoms with E-state index in [9.17, 15) is 9.59 Å². The predicted molar refractivity (Wildman–Crippen MR) is 114 cm³/mol. The van der Waals surface area contributed by atoms with Gasteiger partial charge in [0.05, 0.1) is 31.6 Å². The Morgan fingerprint density at radius 3 is 1.90 bits per heavy atom. The minimum atomic E-state index is -1.06. The van der Waals surface area contributed by atoms with E-state index in [1.165, 1.54) is 11.3 Å². The first kappa shape index (κ1) is 25.8. The summed E-state index contributed by atoms with van der Waals surface area (Å²) >= 11 is 1.36. The van der Waals surface area contributed by atoms with Crippen LogP contribution in [-0.4, -0.2) is 46.5 Å². The van der Waals surface area contributed by atoms with E-state index in [0.717, 1.165) is 10.6 Å². The van der Waals surface area contributed by atoms with Gasteiger partial charge in [0.15, 0.2) is 8.38 Å². The van der Waals surface area contributed by atoms with Gasteiger partial charge < -0.3 is 18.5 Å². The Hall–Kier alpha value is -1.28. The lowest BCUT2D eigenvalue weighted by Crippen LogP contribution is -2.43. The van der Waals surface area contributed by atoms with E-state index < -0.39 is 31.8 Å². The van der Waals surface area contributed by atoms with Gasteiger partial charge >= 0.3 is 12.2 Å². The van der Waals surface area contributed by atoms with Gasteiger partial charge in [-0.2, -0.15) is 0 Å². The average Bonchev–Trinajstić information content (AvgIpc) is 2.96. The molecule has 0 radical (unpaired) electrons. The van der Waals surface area contributed by atoms with Crippen molar-refractivity contribution in [1.82, 2.24) is 9.88 Å². The van der Waals surface area contributed by atoms with Gasteiger partial charge in [0.2, 0.25) is 0 Å². The van der Waals surface area contributed by atoms with E-state index in [-0.39, 0.29) is 6.54 Å². The predicted octanol–water partition coefficient (Wildman–Crippen LogP) is 5.70. The quantitative estimate of drug-likeness (QED) is 0.471. The molecule has 166 valence electrons. The molecule has 2 amide bonds. The lowest BCUT2D eigenvalue weighted by molar-refractivity contribution is -0.000274. The minimum Gasteiger partial charge on any atom is -0.443 e. The fourth-order valence-electron chi connectivity index (χ4n) is 2.02. The standard InChI is InChI=1S/C19H33N2O6PS/c1-9-24-28(25-10-2)12-14-13-29-15(20-14)11-21(16(22)26-18(3,4)5)17(23)27-19(6,7)8/h13H,9-12H2,1-8H3. The Labute approximate surface area is 178 Å². The molecule has 8 nitrogen and oxygen atoms in total. The number of thiazole rings is 1. The first-order chi connectivity index (χ1) is 13.3. The number of amides is 2. The number of hydrogen-bond donors (Lipinski definition) is 0. The van der Waals surface area contributed by atoms with Gasteiger partial charge in [-0.3, -0.25) is 0 Å². The van der Waals surface area contributed by atoms with Crippen LogP contribution in [0.1, 0.15) is 66.1 Å². The molecular formula is C19H33N2O6PS. The molecule has 1 aromatic heterocycles. The maximum Gasteiger partial charge on any atom is 0.420 e. The van der Waals surface area contributed by atoms with Gasteiger partial charge in [-0.05, 0) is 55.4 Å². The number of nitrogens with zero attached hydrogens (tertiary/aromatic N) is 2. The van der Waals surface area contributed by atoms with Crippen molar-refractivity contribution < 1.29 is 28.1 Å². The van der Waals surface area contributed by atoms with Gasteiger partial charge in [-0.25, -0.2) is 19.5 Å². The van der Waals surface area contributed by atoms with Crippen LogP contribution in [0.3, 0.4) is 0 Å². The van der Waals surface area contributed by atoms with E-state index in [1.807, 2.05) is 19.2 Å². The highest BCUT2D eigenvalue weighted by Crippen LogP contribution is 2.42. The molecular weight excluding hydrogens is 415 g/mol. The van der Waals surface area contributed by atoms with Crippen LogP contribution in [0, 0.1) is 0 Å². The van der Waals surface area contributed by atoms with Crippen molar-refractivity contribution in [1.29, 1.82) is 0 Å². The normalized spacial score (nSPS) is 12.2. The molecule has 0 aliphatic heterocycles. The molecule has 1 rings (SSSR count). The average molecular weight is 449 g/mol. The van der Waals surface area contributed by atoms with Crippen molar-refractivity contribution in [3.05, 3.63) is 16.1 Å². The molecule has 0 aliphatic carbocycles. The molecule has 0 aliphatic rings. The van der Waals surface area contributed by atoms with Gasteiger partial charge in [-0.1, -0.05) is 0 Å². The zero-order chi connectivity index (χ0) is 22.2. The van der Waals surface area contributed by atoms with Crippen LogP contribution < -0.4 is 0 Å². The van der Waals surface area contributed by atoms with Gasteiger partial charge in [-0.15, -0.1) is 11.3 Å². The highest BCUT2D eigenvalue weighted by molar-refractivity contribution is 7.46. The summed E-state index contributed by atoms with van der Waals surface area (Å²) < 4.78 is 22.0. The second-order valence-electron chi connectivity index (χ2n) is 8.11. The van der Waals surface area contributed by atoms with Gasteiger partial charge in [0.1, 0.15) is 16.2 Å². The molecule has 0 spiro atoms. The highest BCUT2D eigenvalue weighted by Gasteiger charge is 2.32. The molecule has 0 atom stereocenters. The second-order valence-corrected chi connectivity index (χ2v) is 10.5. The van der Waals surface area contributed by atoms with Crippen molar-refractivity contribution in [2.45, 2.75) is 79.3 Å². The van der Waals surface area contributed by atoms with E-state index >= 15 is 0 Å². The first-order valence-corrected chi connectivity index (χ1v) is 11.8. The first-order valence-electron chi connectivity index (χ1n) is 9.54. The Bertz CT molecular complexity index is 634. The third-order valence-corrected chi connectivity index (χ3v) is 5.51. The second kappa shape index (κ2) is 11.2. The third-order valence-electron chi connectivity index (χ3n) is 2.96. The van der Waals surface area contributed by atoms with E-state index in [0.29, 0.717) is 24.4 Å². The zero-order valence-electron chi connectivity index (χ0n) is 18.6. The van der Waals surface area contributed by atoms with E-state index in [4.69, 9.17) is 18.5 Å². The molecule has 0 saturated heterocycles. The fraction of sp³-hybridized carbons (Fsp3) is 0.737. The summed E-state index contributed by atoms with van der Waals surface area (Å²) in [5, 5.41) is 2.48. The summed E-state index contributed by atoms with van der Waals surface area (Å²) in [5.41, 5.74) is -0.682. The summed E-state index contributed by atoms with van der Waals surface area (Å²) in [4.78, 5) is 30.6. The van der Waals surface area contributed by atoms with Crippen molar-refractivity contribution in [3.63, 3.8) is 0 Å². The third kappa shape index (κ3) is 10.3. The number of ether oxygens (including phenoxy) is 2. The number of aromatic nitrogens is 1. The summed E-state index contributed by atoms with van der Waals surface area (Å²) in [6.45, 7) is 15.4. The Kier molecular flexibility index (Phi) is 9.95. The molecule has 1 aromatic rings. The smallest absolute Gasteiger partial charge is 0.420 e. The van der Waals surface area contributed by atoms with Crippen LogP contribution in [0.25, 0.3) is 0 Å². The lowest BCUT2D eigenvalue weighted by Gasteiger charge is -2.28. The molecule has 0 N–H and O–H groups in total. The van der Waals surface area contributed by atoms with Crippen molar-refractivity contribution in [2.75, 3.05) is 13.2 Å². The monoisotopic (exact) mass is 448 g/mol. The van der Waals surface area contributed by atoms with Crippen molar-refractivity contribution >= 4 is 31.9 Å². The molecule has 1 heterocycles. The SMILES string of the molecule is CCOP(Cc1csc(CN(C(=O)OC(C)(C)C)C(=O)OC(C)(C)C)n1)OCC. The molecule has 0 unspecified atom stereocenters. The van der Waals surface area contributed by atoms with Crippen LogP contribution in [-0.2, 0) is 31.2 Å². The van der Waals surface area contributed by atoms with Crippen LogP contribution in [0.15, 0.2) is 5.38 Å². The van der Waals surface area contributed by atoms with Crippen molar-refractivity contribution in [2.24, 2.45) is 0 Å². The number of rotatable bonds is 8. The highest BCUT2D eigenvalue weighted by atomic mass is 32.1. The molecule has 0 fully saturated rings. The molecule has 0 aromatic carbocycles. The number of imide groups is 1. The topological polar surface area (TPSA) is 87.2 Å². The molecule has 29 heavy (non-hydrogen) atoms. The number of carbonyl (C=O) groups is 2.